The topological polar surface area (TPSA) is 83.1 Å². The lowest BCUT2D eigenvalue weighted by Crippen LogP contribution is -2.41. The zero-order valence-electron chi connectivity index (χ0n) is 16.1. The Morgan fingerprint density at radius 2 is 0.556 bits per heavy atom. The maximum Gasteiger partial charge on any atom is 0.109 e. The minimum absolute atomic E-state index is 0.257. The van der Waals surface area contributed by atoms with Crippen LogP contribution in [0.4, 0.5) is 0 Å². The van der Waals surface area contributed by atoms with Crippen LogP contribution >= 0.6 is 0 Å². The Morgan fingerprint density at radius 3 is 0.889 bits per heavy atom. The van der Waals surface area contributed by atoms with E-state index in [0.29, 0.717) is 106 Å². The molecule has 0 saturated carbocycles. The molecule has 9 heteroatoms. The van der Waals surface area contributed by atoms with Crippen LogP contribution in [-0.2, 0) is 42.6 Å². The maximum atomic E-state index is 5.97. The summed E-state index contributed by atoms with van der Waals surface area (Å²) in [6.45, 7) is 8.05. The second kappa shape index (κ2) is 16.6. The van der Waals surface area contributed by atoms with Crippen molar-refractivity contribution >= 4 is 0 Å². The first kappa shape index (κ1) is 22.9. The van der Waals surface area contributed by atoms with Gasteiger partial charge in [-0.15, -0.1) is 0 Å². The van der Waals surface area contributed by atoms with Crippen molar-refractivity contribution in [3.05, 3.63) is 0 Å². The molecule has 0 spiro atoms. The van der Waals surface area contributed by atoms with Crippen LogP contribution in [0, 0.1) is 0 Å². The number of hydrogen-bond acceptors (Lipinski definition) is 9. The van der Waals surface area contributed by atoms with E-state index < -0.39 is 0 Å². The Labute approximate surface area is 161 Å². The van der Waals surface area contributed by atoms with Gasteiger partial charge in [0, 0.05) is 0 Å². The van der Waals surface area contributed by atoms with E-state index in [1.165, 1.54) is 0 Å². The molecule has 0 radical (unpaired) electrons. The monoisotopic (exact) mass is 394 g/mol. The van der Waals surface area contributed by atoms with Crippen molar-refractivity contribution < 1.29 is 42.6 Å². The molecule has 0 aromatic carbocycles. The molecule has 0 bridgehead atoms. The lowest BCUT2D eigenvalue weighted by Gasteiger charge is -2.28. The van der Waals surface area contributed by atoms with E-state index in [-0.39, 0.29) is 12.2 Å². The number of hydrogen-bond donors (Lipinski definition) is 0. The molecular formula is C18H34O9. The summed E-state index contributed by atoms with van der Waals surface area (Å²) in [5.74, 6) is 0. The van der Waals surface area contributed by atoms with Gasteiger partial charge in [0.25, 0.3) is 0 Å². The summed E-state index contributed by atoms with van der Waals surface area (Å²) < 4.78 is 50.6. The molecule has 2 heterocycles. The lowest BCUT2D eigenvalue weighted by atomic mass is 10.2. The molecule has 0 N–H and O–H groups in total. The van der Waals surface area contributed by atoms with Crippen molar-refractivity contribution in [3.63, 3.8) is 0 Å². The van der Waals surface area contributed by atoms with Crippen molar-refractivity contribution in [1.82, 2.24) is 0 Å². The van der Waals surface area contributed by atoms with Gasteiger partial charge in [-0.2, -0.15) is 0 Å². The van der Waals surface area contributed by atoms with Gasteiger partial charge in [-0.05, 0) is 0 Å². The Morgan fingerprint density at radius 1 is 0.296 bits per heavy atom. The SMILES string of the molecule is C1COCCOCC(C2COCCOCCOCCO2)OCCOCCO1. The van der Waals surface area contributed by atoms with Gasteiger partial charge in [-0.3, -0.25) is 0 Å². The van der Waals surface area contributed by atoms with Crippen LogP contribution in [0.3, 0.4) is 0 Å². The van der Waals surface area contributed by atoms with Crippen LogP contribution in [-0.4, -0.2) is 118 Å². The molecule has 27 heavy (non-hydrogen) atoms. The highest BCUT2D eigenvalue weighted by molar-refractivity contribution is 4.71. The fourth-order valence-corrected chi connectivity index (χ4v) is 2.54. The van der Waals surface area contributed by atoms with Crippen LogP contribution in [0.5, 0.6) is 0 Å². The first-order valence-corrected chi connectivity index (χ1v) is 9.74. The third-order valence-electron chi connectivity index (χ3n) is 3.96. The molecule has 2 unspecified atom stereocenters. The van der Waals surface area contributed by atoms with Crippen LogP contribution in [0.1, 0.15) is 0 Å². The molecule has 0 aliphatic carbocycles. The second-order valence-electron chi connectivity index (χ2n) is 6.03. The Balaban J connectivity index is 1.82. The van der Waals surface area contributed by atoms with Gasteiger partial charge in [0.15, 0.2) is 0 Å². The Hall–Kier alpha value is -0.360. The molecule has 9 nitrogen and oxygen atoms in total. The van der Waals surface area contributed by atoms with Gasteiger partial charge < -0.3 is 42.6 Å². The first-order chi connectivity index (χ1) is 13.5. The summed E-state index contributed by atoms with van der Waals surface area (Å²) in [5, 5.41) is 0. The molecule has 2 rings (SSSR count). The normalized spacial score (nSPS) is 30.2. The molecule has 2 atom stereocenters. The van der Waals surface area contributed by atoms with Gasteiger partial charge in [-0.25, -0.2) is 0 Å². The van der Waals surface area contributed by atoms with Crippen molar-refractivity contribution in [2.24, 2.45) is 0 Å². The van der Waals surface area contributed by atoms with E-state index >= 15 is 0 Å². The summed E-state index contributed by atoms with van der Waals surface area (Å²) in [6.07, 6.45) is -0.521. The minimum atomic E-state index is -0.265. The molecule has 2 saturated heterocycles. The predicted molar refractivity (Wildman–Crippen MR) is 95.2 cm³/mol. The fourth-order valence-electron chi connectivity index (χ4n) is 2.54. The first-order valence-electron chi connectivity index (χ1n) is 9.74. The smallest absolute Gasteiger partial charge is 0.109 e. The van der Waals surface area contributed by atoms with Gasteiger partial charge in [-0.1, -0.05) is 0 Å². The molecule has 2 aliphatic heterocycles. The van der Waals surface area contributed by atoms with Crippen LogP contribution in [0.2, 0.25) is 0 Å². The summed E-state index contributed by atoms with van der Waals surface area (Å²) in [6, 6.07) is 0. The van der Waals surface area contributed by atoms with Gasteiger partial charge in [0.05, 0.1) is 106 Å². The lowest BCUT2D eigenvalue weighted by molar-refractivity contribution is -0.145. The molecule has 0 aromatic rings. The molecule has 2 fully saturated rings. The maximum absolute atomic E-state index is 5.97. The average Bonchev–Trinajstić information content (AvgIpc) is 2.68. The van der Waals surface area contributed by atoms with E-state index in [1.807, 2.05) is 0 Å². The van der Waals surface area contributed by atoms with E-state index in [9.17, 15) is 0 Å². The zero-order chi connectivity index (χ0) is 18.8. The highest BCUT2D eigenvalue weighted by Crippen LogP contribution is 2.08. The van der Waals surface area contributed by atoms with E-state index in [2.05, 4.69) is 0 Å². The second-order valence-corrected chi connectivity index (χ2v) is 6.03. The van der Waals surface area contributed by atoms with Crippen LogP contribution in [0.15, 0.2) is 0 Å². The highest BCUT2D eigenvalue weighted by Gasteiger charge is 2.24. The van der Waals surface area contributed by atoms with Crippen LogP contribution in [0.25, 0.3) is 0 Å². The molecule has 2 aliphatic rings. The van der Waals surface area contributed by atoms with Gasteiger partial charge in [0.2, 0.25) is 0 Å². The van der Waals surface area contributed by atoms with Crippen molar-refractivity contribution in [2.45, 2.75) is 12.2 Å². The quantitative estimate of drug-likeness (QED) is 0.605. The summed E-state index contributed by atoms with van der Waals surface area (Å²) in [7, 11) is 0. The van der Waals surface area contributed by atoms with Crippen molar-refractivity contribution in [3.8, 4) is 0 Å². The largest absolute Gasteiger partial charge is 0.377 e. The van der Waals surface area contributed by atoms with E-state index in [1.54, 1.807) is 0 Å². The minimum Gasteiger partial charge on any atom is -0.377 e. The standard InChI is InChI=1S/C18H34O9/c1-2-20-7-9-24-15-17(26-13-11-22-5-3-19-1)18-16-25-10-8-21-4-6-23-12-14-27-18/h17-18H,1-16H2. The van der Waals surface area contributed by atoms with Gasteiger partial charge in [0.1, 0.15) is 12.2 Å². The van der Waals surface area contributed by atoms with Gasteiger partial charge >= 0.3 is 0 Å². The highest BCUT2D eigenvalue weighted by atomic mass is 16.6. The molecule has 0 amide bonds. The summed E-state index contributed by atoms with van der Waals surface area (Å²) in [4.78, 5) is 0. The summed E-state index contributed by atoms with van der Waals surface area (Å²) in [5.41, 5.74) is 0. The third kappa shape index (κ3) is 11.9. The summed E-state index contributed by atoms with van der Waals surface area (Å²) >= 11 is 0. The third-order valence-corrected chi connectivity index (χ3v) is 3.96. The van der Waals surface area contributed by atoms with Crippen molar-refractivity contribution in [1.29, 1.82) is 0 Å². The molecular weight excluding hydrogens is 360 g/mol. The zero-order valence-corrected chi connectivity index (χ0v) is 16.1. The number of rotatable bonds is 1. The Bertz CT molecular complexity index is 304. The van der Waals surface area contributed by atoms with Crippen LogP contribution < -0.4 is 0 Å². The van der Waals surface area contributed by atoms with Crippen molar-refractivity contribution in [2.75, 3.05) is 106 Å². The van der Waals surface area contributed by atoms with E-state index in [4.69, 9.17) is 42.6 Å². The van der Waals surface area contributed by atoms with E-state index in [0.717, 1.165) is 0 Å². The molecule has 160 valence electrons. The fraction of sp³-hybridized carbons (Fsp3) is 1.00. The average molecular weight is 394 g/mol. The predicted octanol–water partition coefficient (Wildman–Crippen LogP) is -0.0998. The Kier molecular flexibility index (Phi) is 14.1. The number of ether oxygens (including phenoxy) is 9. The molecule has 0 aromatic heterocycles.